The fraction of sp³-hybridized carbons (Fsp3) is 0.304. The number of amides is 2. The molecule has 0 spiro atoms. The van der Waals surface area contributed by atoms with Gasteiger partial charge < -0.3 is 10.2 Å². The maximum absolute atomic E-state index is 13.1. The van der Waals surface area contributed by atoms with Gasteiger partial charge in [-0.15, -0.1) is 0 Å². The van der Waals surface area contributed by atoms with Crippen molar-refractivity contribution in [3.63, 3.8) is 0 Å². The predicted octanol–water partition coefficient (Wildman–Crippen LogP) is 4.17. The molecule has 0 bridgehead atoms. The van der Waals surface area contributed by atoms with Gasteiger partial charge in [-0.25, -0.2) is 0 Å². The van der Waals surface area contributed by atoms with Crippen LogP contribution in [0.15, 0.2) is 60.3 Å². The van der Waals surface area contributed by atoms with Crippen LogP contribution in [0.5, 0.6) is 0 Å². The molecule has 0 atom stereocenters. The van der Waals surface area contributed by atoms with Crippen LogP contribution in [0.3, 0.4) is 0 Å². The highest BCUT2D eigenvalue weighted by atomic mass is 16.2. The number of aryl methyl sites for hydroxylation is 1. The van der Waals surface area contributed by atoms with Gasteiger partial charge in [0.25, 0.3) is 11.8 Å². The highest BCUT2D eigenvalue weighted by Gasteiger charge is 2.21. The average molecular weight is 362 g/mol. The second-order valence-corrected chi connectivity index (χ2v) is 7.00. The quantitative estimate of drug-likeness (QED) is 0.830. The molecule has 4 heteroatoms. The summed E-state index contributed by atoms with van der Waals surface area (Å²) in [5, 5.41) is 2.85. The Morgan fingerprint density at radius 3 is 2.15 bits per heavy atom. The van der Waals surface area contributed by atoms with Crippen molar-refractivity contribution in [3.8, 4) is 0 Å². The standard InChI is InChI=1S/C23H26N2O2/c1-18-11-13-20(14-12-18)22(26)24-21(17-19-9-5-4-6-10-19)23(27)25-15-7-2-3-8-16-25/h4-6,9-14,17H,2-3,7-8,15-16H2,1H3,(H,24,26)/b21-17-. The lowest BCUT2D eigenvalue weighted by atomic mass is 10.1. The first-order chi connectivity index (χ1) is 13.1. The molecule has 1 aliphatic heterocycles. The van der Waals surface area contributed by atoms with Gasteiger partial charge in [-0.05, 0) is 43.5 Å². The van der Waals surface area contributed by atoms with Crippen molar-refractivity contribution in [2.75, 3.05) is 13.1 Å². The summed E-state index contributed by atoms with van der Waals surface area (Å²) in [7, 11) is 0. The van der Waals surface area contributed by atoms with Gasteiger partial charge in [0, 0.05) is 18.7 Å². The molecule has 2 aromatic carbocycles. The molecule has 1 saturated heterocycles. The summed E-state index contributed by atoms with van der Waals surface area (Å²) in [6.07, 6.45) is 6.08. The predicted molar refractivity (Wildman–Crippen MR) is 108 cm³/mol. The van der Waals surface area contributed by atoms with Crippen molar-refractivity contribution in [1.82, 2.24) is 10.2 Å². The summed E-state index contributed by atoms with van der Waals surface area (Å²) >= 11 is 0. The van der Waals surface area contributed by atoms with Gasteiger partial charge in [0.05, 0.1) is 0 Å². The Labute approximate surface area is 160 Å². The lowest BCUT2D eigenvalue weighted by Crippen LogP contribution is -2.39. The largest absolute Gasteiger partial charge is 0.337 e. The molecular weight excluding hydrogens is 336 g/mol. The minimum atomic E-state index is -0.264. The summed E-state index contributed by atoms with van der Waals surface area (Å²) in [5.74, 6) is -0.374. The average Bonchev–Trinajstić information content (AvgIpc) is 2.97. The minimum Gasteiger partial charge on any atom is -0.337 e. The molecule has 1 heterocycles. The molecular formula is C23H26N2O2. The van der Waals surface area contributed by atoms with Crippen molar-refractivity contribution >= 4 is 17.9 Å². The Morgan fingerprint density at radius 1 is 0.889 bits per heavy atom. The van der Waals surface area contributed by atoms with Crippen LogP contribution in [-0.4, -0.2) is 29.8 Å². The Morgan fingerprint density at radius 2 is 1.52 bits per heavy atom. The SMILES string of the molecule is Cc1ccc(C(=O)N/C(=C\c2ccccc2)C(=O)N2CCCCCC2)cc1. The smallest absolute Gasteiger partial charge is 0.270 e. The summed E-state index contributed by atoms with van der Waals surface area (Å²) in [4.78, 5) is 27.7. The molecule has 0 aliphatic carbocycles. The number of rotatable bonds is 4. The van der Waals surface area contributed by atoms with E-state index in [-0.39, 0.29) is 11.8 Å². The van der Waals surface area contributed by atoms with E-state index in [0.29, 0.717) is 11.3 Å². The third-order valence-corrected chi connectivity index (χ3v) is 4.80. The molecule has 2 amide bonds. The number of hydrogen-bond donors (Lipinski definition) is 1. The summed E-state index contributed by atoms with van der Waals surface area (Å²) in [6.45, 7) is 3.46. The van der Waals surface area contributed by atoms with Crippen molar-refractivity contribution < 1.29 is 9.59 Å². The van der Waals surface area contributed by atoms with Crippen LogP contribution in [0.1, 0.15) is 47.2 Å². The van der Waals surface area contributed by atoms with Gasteiger partial charge in [0.15, 0.2) is 0 Å². The van der Waals surface area contributed by atoms with E-state index in [0.717, 1.165) is 49.9 Å². The number of carbonyl (C=O) groups excluding carboxylic acids is 2. The number of carbonyl (C=O) groups is 2. The van der Waals surface area contributed by atoms with E-state index in [1.54, 1.807) is 18.2 Å². The van der Waals surface area contributed by atoms with Crippen LogP contribution >= 0.6 is 0 Å². The molecule has 27 heavy (non-hydrogen) atoms. The first kappa shape index (κ1) is 18.9. The van der Waals surface area contributed by atoms with Gasteiger partial charge >= 0.3 is 0 Å². The fourth-order valence-electron chi connectivity index (χ4n) is 3.21. The lowest BCUT2D eigenvalue weighted by molar-refractivity contribution is -0.127. The van der Waals surface area contributed by atoms with E-state index in [2.05, 4.69) is 5.32 Å². The van der Waals surface area contributed by atoms with Gasteiger partial charge in [0.2, 0.25) is 0 Å². The summed E-state index contributed by atoms with van der Waals surface area (Å²) in [6, 6.07) is 17.0. The molecule has 2 aromatic rings. The normalized spacial score (nSPS) is 15.1. The summed E-state index contributed by atoms with van der Waals surface area (Å²) in [5.41, 5.74) is 2.85. The molecule has 1 fully saturated rings. The molecule has 3 rings (SSSR count). The van der Waals surface area contributed by atoms with E-state index in [4.69, 9.17) is 0 Å². The van der Waals surface area contributed by atoms with Crippen LogP contribution in [0.4, 0.5) is 0 Å². The second-order valence-electron chi connectivity index (χ2n) is 7.00. The van der Waals surface area contributed by atoms with Crippen LogP contribution in [-0.2, 0) is 4.79 Å². The van der Waals surface area contributed by atoms with Gasteiger partial charge in [-0.2, -0.15) is 0 Å². The molecule has 0 aromatic heterocycles. The number of likely N-dealkylation sites (tertiary alicyclic amines) is 1. The Kier molecular flexibility index (Phi) is 6.42. The molecule has 0 saturated carbocycles. The number of hydrogen-bond acceptors (Lipinski definition) is 2. The van der Waals surface area contributed by atoms with Crippen LogP contribution in [0, 0.1) is 6.92 Å². The topological polar surface area (TPSA) is 49.4 Å². The third-order valence-electron chi connectivity index (χ3n) is 4.80. The Balaban J connectivity index is 1.85. The van der Waals surface area contributed by atoms with Gasteiger partial charge in [-0.1, -0.05) is 60.9 Å². The first-order valence-corrected chi connectivity index (χ1v) is 9.57. The van der Waals surface area contributed by atoms with Gasteiger partial charge in [-0.3, -0.25) is 9.59 Å². The van der Waals surface area contributed by atoms with E-state index < -0.39 is 0 Å². The van der Waals surface area contributed by atoms with E-state index in [9.17, 15) is 9.59 Å². The molecule has 4 nitrogen and oxygen atoms in total. The lowest BCUT2D eigenvalue weighted by Gasteiger charge is -2.22. The van der Waals surface area contributed by atoms with Gasteiger partial charge in [0.1, 0.15) is 5.70 Å². The van der Waals surface area contributed by atoms with E-state index >= 15 is 0 Å². The Hall–Kier alpha value is -2.88. The zero-order valence-corrected chi connectivity index (χ0v) is 15.8. The van der Waals surface area contributed by atoms with Crippen LogP contribution in [0.25, 0.3) is 6.08 Å². The fourth-order valence-corrected chi connectivity index (χ4v) is 3.21. The maximum Gasteiger partial charge on any atom is 0.270 e. The second kappa shape index (κ2) is 9.17. The monoisotopic (exact) mass is 362 g/mol. The number of nitrogens with zero attached hydrogens (tertiary/aromatic N) is 1. The van der Waals surface area contributed by atoms with Crippen molar-refractivity contribution in [2.24, 2.45) is 0 Å². The van der Waals surface area contributed by atoms with E-state index in [1.807, 2.05) is 54.3 Å². The molecule has 0 radical (unpaired) electrons. The number of benzene rings is 2. The van der Waals surface area contributed by atoms with Crippen molar-refractivity contribution in [2.45, 2.75) is 32.6 Å². The van der Waals surface area contributed by atoms with E-state index in [1.165, 1.54) is 0 Å². The molecule has 1 N–H and O–H groups in total. The van der Waals surface area contributed by atoms with Crippen LogP contribution in [0.2, 0.25) is 0 Å². The van der Waals surface area contributed by atoms with Crippen LogP contribution < -0.4 is 5.32 Å². The number of nitrogens with one attached hydrogen (secondary N) is 1. The van der Waals surface area contributed by atoms with Crippen molar-refractivity contribution in [3.05, 3.63) is 77.0 Å². The van der Waals surface area contributed by atoms with Crippen molar-refractivity contribution in [1.29, 1.82) is 0 Å². The highest BCUT2D eigenvalue weighted by molar-refractivity contribution is 6.05. The summed E-state index contributed by atoms with van der Waals surface area (Å²) < 4.78 is 0. The highest BCUT2D eigenvalue weighted by Crippen LogP contribution is 2.14. The first-order valence-electron chi connectivity index (χ1n) is 9.57. The molecule has 140 valence electrons. The Bertz CT molecular complexity index is 802. The maximum atomic E-state index is 13.1. The third kappa shape index (κ3) is 5.30. The zero-order chi connectivity index (χ0) is 19.1. The molecule has 1 aliphatic rings. The molecule has 0 unspecified atom stereocenters. The minimum absolute atomic E-state index is 0.110. The zero-order valence-electron chi connectivity index (χ0n) is 15.8.